The van der Waals surface area contributed by atoms with Crippen molar-refractivity contribution in [2.24, 2.45) is 0 Å². The van der Waals surface area contributed by atoms with Crippen LogP contribution in [0, 0.1) is 0 Å². The highest BCUT2D eigenvalue weighted by Gasteiger charge is 2.33. The second-order valence-electron chi connectivity index (χ2n) is 5.98. The summed E-state index contributed by atoms with van der Waals surface area (Å²) in [7, 11) is -3.70. The second-order valence-corrected chi connectivity index (χ2v) is 8.84. The number of hydrogen-bond acceptors (Lipinski definition) is 5. The van der Waals surface area contributed by atoms with Gasteiger partial charge in [-0.3, -0.25) is 4.90 Å². The highest BCUT2D eigenvalue weighted by atomic mass is 79.9. The smallest absolute Gasteiger partial charge is 0.447 e. The third-order valence-electron chi connectivity index (χ3n) is 3.80. The molecule has 0 bridgehead atoms. The Hall–Kier alpha value is -2.50. The molecule has 1 aliphatic rings. The van der Waals surface area contributed by atoms with Crippen LogP contribution in [0.5, 0.6) is 11.5 Å². The molecule has 0 unspecified atom stereocenters. The summed E-state index contributed by atoms with van der Waals surface area (Å²) in [6, 6.07) is 17.1. The van der Waals surface area contributed by atoms with Crippen LogP contribution in [0.3, 0.4) is 0 Å². The lowest BCUT2D eigenvalue weighted by molar-refractivity contribution is 0.160. The van der Waals surface area contributed by atoms with Crippen LogP contribution in [0.1, 0.15) is 0 Å². The van der Waals surface area contributed by atoms with Gasteiger partial charge in [0.25, 0.3) is 0 Å². The van der Waals surface area contributed by atoms with Crippen LogP contribution in [0.4, 0.5) is 4.79 Å². The van der Waals surface area contributed by atoms with Gasteiger partial charge in [0.15, 0.2) is 0 Å². The molecule has 0 spiro atoms. The molecule has 0 aromatic heterocycles. The van der Waals surface area contributed by atoms with Gasteiger partial charge in [0, 0.05) is 4.48 Å². The molecule has 28 heavy (non-hydrogen) atoms. The maximum absolute atomic E-state index is 13.4. The molecule has 1 heterocycles. The third-order valence-corrected chi connectivity index (χ3v) is 5.52. The first-order chi connectivity index (χ1) is 13.5. The molecule has 8 heteroatoms. The van der Waals surface area contributed by atoms with Gasteiger partial charge in [0.2, 0.25) is 0 Å². The molecule has 1 fully saturated rings. The maximum atomic E-state index is 13.4. The van der Waals surface area contributed by atoms with E-state index in [4.69, 9.17) is 13.8 Å². The van der Waals surface area contributed by atoms with Crippen molar-refractivity contribution in [2.45, 2.75) is 6.04 Å². The summed E-state index contributed by atoms with van der Waals surface area (Å²) >= 11 is 3.25. The van der Waals surface area contributed by atoms with Crippen LogP contribution < -0.4 is 9.05 Å². The molecule has 1 saturated heterocycles. The van der Waals surface area contributed by atoms with E-state index in [1.807, 2.05) is 12.1 Å². The molecular weight excluding hydrogens is 445 g/mol. The highest BCUT2D eigenvalue weighted by molar-refractivity contribution is 9.11. The number of halogens is 1. The minimum absolute atomic E-state index is 0.145. The van der Waals surface area contributed by atoms with Crippen molar-refractivity contribution in [2.75, 3.05) is 13.2 Å². The van der Waals surface area contributed by atoms with E-state index < -0.39 is 19.7 Å². The quantitative estimate of drug-likeness (QED) is 0.478. The van der Waals surface area contributed by atoms with Gasteiger partial charge in [-0.15, -0.1) is 0 Å². The van der Waals surface area contributed by atoms with E-state index in [9.17, 15) is 9.36 Å². The number of nitrogens with zero attached hydrogens (tertiary/aromatic N) is 1. The predicted octanol–water partition coefficient (Wildman–Crippen LogP) is 5.58. The fourth-order valence-electron chi connectivity index (χ4n) is 2.53. The Kier molecular flexibility index (Phi) is 6.60. The molecule has 0 saturated carbocycles. The number of cyclic esters (lactones) is 1. The lowest BCUT2D eigenvalue weighted by Gasteiger charge is -2.20. The SMILES string of the molecule is C=C(Br)CN1C(=O)OC[C@@H]1/C=C/P(=O)(Oc1ccccc1)Oc1ccccc1. The van der Waals surface area contributed by atoms with Crippen LogP contribution in [0.2, 0.25) is 0 Å². The zero-order valence-electron chi connectivity index (χ0n) is 14.9. The van der Waals surface area contributed by atoms with Gasteiger partial charge in [-0.1, -0.05) is 58.9 Å². The van der Waals surface area contributed by atoms with E-state index in [0.717, 1.165) is 0 Å². The second kappa shape index (κ2) is 9.13. The van der Waals surface area contributed by atoms with Crippen molar-refractivity contribution in [3.05, 3.63) is 83.6 Å². The van der Waals surface area contributed by atoms with E-state index >= 15 is 0 Å². The van der Waals surface area contributed by atoms with Gasteiger partial charge in [0.05, 0.1) is 18.4 Å². The topological polar surface area (TPSA) is 65.1 Å². The average Bonchev–Trinajstić information content (AvgIpc) is 3.01. The van der Waals surface area contributed by atoms with Crippen LogP contribution in [-0.2, 0) is 9.30 Å². The fraction of sp³-hybridized carbons (Fsp3) is 0.150. The predicted molar refractivity (Wildman–Crippen MR) is 111 cm³/mol. The summed E-state index contributed by atoms with van der Waals surface area (Å²) in [5, 5.41) is 0. The Bertz CT molecular complexity index is 858. The molecule has 6 nitrogen and oxygen atoms in total. The molecule has 3 rings (SSSR count). The first-order valence-corrected chi connectivity index (χ1v) is 10.9. The average molecular weight is 464 g/mol. The standard InChI is InChI=1S/C20H19BrNO5P/c1-16(21)14-22-17(15-25-20(22)23)12-13-28(24,26-18-8-4-2-5-9-18)27-19-10-6-3-7-11-19/h2-13,17H,1,14-15H2/b13-12+/t17-/m0/s1. The largest absolute Gasteiger partial charge is 0.455 e. The van der Waals surface area contributed by atoms with Crippen molar-refractivity contribution < 1.29 is 23.1 Å². The number of carbonyl (C=O) groups is 1. The molecule has 146 valence electrons. The first kappa shape index (κ1) is 20.2. The highest BCUT2D eigenvalue weighted by Crippen LogP contribution is 2.50. The zero-order valence-corrected chi connectivity index (χ0v) is 17.4. The Labute approximate surface area is 172 Å². The number of amides is 1. The molecule has 0 aliphatic carbocycles. The lowest BCUT2D eigenvalue weighted by Crippen LogP contribution is -2.33. The monoisotopic (exact) mass is 463 g/mol. The molecule has 0 N–H and O–H groups in total. The van der Waals surface area contributed by atoms with Gasteiger partial charge >= 0.3 is 13.7 Å². The molecule has 1 amide bonds. The van der Waals surface area contributed by atoms with Crippen LogP contribution in [-0.4, -0.2) is 30.2 Å². The van der Waals surface area contributed by atoms with Crippen LogP contribution in [0.15, 0.2) is 83.6 Å². The van der Waals surface area contributed by atoms with Gasteiger partial charge < -0.3 is 13.8 Å². The minimum atomic E-state index is -3.70. The summed E-state index contributed by atoms with van der Waals surface area (Å²) < 4.78 is 30.5. The zero-order chi connectivity index (χ0) is 20.0. The summed E-state index contributed by atoms with van der Waals surface area (Å²) in [5.74, 6) is 2.19. The van der Waals surface area contributed by atoms with E-state index in [2.05, 4.69) is 22.5 Å². The number of benzene rings is 2. The van der Waals surface area contributed by atoms with Crippen molar-refractivity contribution in [3.8, 4) is 11.5 Å². The number of para-hydroxylation sites is 2. The van der Waals surface area contributed by atoms with Crippen molar-refractivity contribution >= 4 is 29.6 Å². The summed E-state index contributed by atoms with van der Waals surface area (Å²) in [5.41, 5.74) is 0. The first-order valence-electron chi connectivity index (χ1n) is 8.50. The van der Waals surface area contributed by atoms with Gasteiger partial charge in [-0.2, -0.15) is 0 Å². The Morgan fingerprint density at radius 1 is 1.14 bits per heavy atom. The molecule has 0 radical (unpaired) electrons. The number of rotatable bonds is 8. The van der Waals surface area contributed by atoms with E-state index in [1.54, 1.807) is 54.6 Å². The summed E-state index contributed by atoms with van der Waals surface area (Å²) in [6.45, 7) is 4.17. The Morgan fingerprint density at radius 2 is 1.68 bits per heavy atom. The Balaban J connectivity index is 1.84. The summed E-state index contributed by atoms with van der Waals surface area (Å²) in [4.78, 5) is 13.4. The van der Waals surface area contributed by atoms with Crippen LogP contribution in [0.25, 0.3) is 0 Å². The van der Waals surface area contributed by atoms with E-state index in [-0.39, 0.29) is 13.2 Å². The number of carbonyl (C=O) groups excluding carboxylic acids is 1. The lowest BCUT2D eigenvalue weighted by atomic mass is 10.3. The molecule has 2 aromatic carbocycles. The van der Waals surface area contributed by atoms with Crippen molar-refractivity contribution in [1.29, 1.82) is 0 Å². The third kappa shape index (κ3) is 5.50. The Morgan fingerprint density at radius 3 is 2.18 bits per heavy atom. The van der Waals surface area contributed by atoms with Crippen LogP contribution >= 0.6 is 23.5 Å². The molecular formula is C20H19BrNO5P. The molecule has 2 aromatic rings. The van der Waals surface area contributed by atoms with Gasteiger partial charge in [-0.05, 0) is 30.3 Å². The minimum Gasteiger partial charge on any atom is -0.447 e. The molecule has 1 aliphatic heterocycles. The fourth-order valence-corrected chi connectivity index (χ4v) is 4.20. The number of ether oxygens (including phenoxy) is 1. The van der Waals surface area contributed by atoms with Gasteiger partial charge in [0.1, 0.15) is 18.1 Å². The summed E-state index contributed by atoms with van der Waals surface area (Å²) in [6.07, 6.45) is 1.14. The van der Waals surface area contributed by atoms with Crippen molar-refractivity contribution in [3.63, 3.8) is 0 Å². The normalized spacial score (nSPS) is 16.8. The van der Waals surface area contributed by atoms with Crippen molar-refractivity contribution in [1.82, 2.24) is 4.90 Å². The number of hydrogen-bond donors (Lipinski definition) is 0. The van der Waals surface area contributed by atoms with E-state index in [0.29, 0.717) is 16.0 Å². The maximum Gasteiger partial charge on any atom is 0.455 e. The van der Waals surface area contributed by atoms with Gasteiger partial charge in [-0.25, -0.2) is 9.36 Å². The molecule has 1 atom stereocenters. The van der Waals surface area contributed by atoms with E-state index in [1.165, 1.54) is 10.7 Å².